The van der Waals surface area contributed by atoms with E-state index in [4.69, 9.17) is 10.5 Å². The molecule has 0 aromatic heterocycles. The first-order valence-electron chi connectivity index (χ1n) is 5.96. The molecule has 2 N–H and O–H groups in total. The van der Waals surface area contributed by atoms with Crippen LogP contribution < -0.4 is 5.73 Å². The van der Waals surface area contributed by atoms with Gasteiger partial charge < -0.3 is 10.5 Å². The van der Waals surface area contributed by atoms with Crippen LogP contribution in [0, 0.1) is 11.8 Å². The molecule has 84 valence electrons. The third-order valence-corrected chi connectivity index (χ3v) is 3.48. The van der Waals surface area contributed by atoms with Crippen LogP contribution in [0.2, 0.25) is 0 Å². The van der Waals surface area contributed by atoms with Gasteiger partial charge in [-0.3, -0.25) is 0 Å². The second-order valence-corrected chi connectivity index (χ2v) is 5.03. The van der Waals surface area contributed by atoms with E-state index in [1.54, 1.807) is 0 Å². The summed E-state index contributed by atoms with van der Waals surface area (Å²) in [6, 6.07) is 0.273. The summed E-state index contributed by atoms with van der Waals surface area (Å²) < 4.78 is 5.83. The predicted molar refractivity (Wildman–Crippen MR) is 60.2 cm³/mol. The molecule has 14 heavy (non-hydrogen) atoms. The standard InChI is InChI=1S/C12H25NO/c1-9-4-5-12(8-10(9)2)14-7-6-11(3)13/h9-12H,4-8,13H2,1-3H3. The first-order valence-corrected chi connectivity index (χ1v) is 5.96. The number of hydrogen-bond acceptors (Lipinski definition) is 2. The molecule has 1 aliphatic carbocycles. The Bertz CT molecular complexity index is 158. The van der Waals surface area contributed by atoms with Gasteiger partial charge in [0, 0.05) is 12.6 Å². The quantitative estimate of drug-likeness (QED) is 0.755. The normalized spacial score (nSPS) is 35.6. The summed E-state index contributed by atoms with van der Waals surface area (Å²) in [5.74, 6) is 1.70. The summed E-state index contributed by atoms with van der Waals surface area (Å²) in [5.41, 5.74) is 5.68. The van der Waals surface area contributed by atoms with Crippen LogP contribution in [0.4, 0.5) is 0 Å². The van der Waals surface area contributed by atoms with Crippen LogP contribution in [0.25, 0.3) is 0 Å². The van der Waals surface area contributed by atoms with Crippen LogP contribution in [-0.4, -0.2) is 18.8 Å². The van der Waals surface area contributed by atoms with E-state index >= 15 is 0 Å². The third kappa shape index (κ3) is 3.97. The van der Waals surface area contributed by atoms with Gasteiger partial charge in [-0.1, -0.05) is 13.8 Å². The summed E-state index contributed by atoms with van der Waals surface area (Å²) in [6.45, 7) is 7.56. The molecular formula is C12H25NO. The van der Waals surface area contributed by atoms with Gasteiger partial charge in [0.2, 0.25) is 0 Å². The Morgan fingerprint density at radius 2 is 2.00 bits per heavy atom. The molecule has 0 heterocycles. The van der Waals surface area contributed by atoms with E-state index in [-0.39, 0.29) is 6.04 Å². The first-order chi connectivity index (χ1) is 6.59. The Morgan fingerprint density at radius 3 is 2.57 bits per heavy atom. The molecule has 0 spiro atoms. The van der Waals surface area contributed by atoms with Gasteiger partial charge in [0.05, 0.1) is 6.10 Å². The lowest BCUT2D eigenvalue weighted by Crippen LogP contribution is -2.28. The molecule has 1 saturated carbocycles. The Balaban J connectivity index is 2.13. The molecular weight excluding hydrogens is 174 g/mol. The number of nitrogens with two attached hydrogens (primary N) is 1. The summed E-state index contributed by atoms with van der Waals surface area (Å²) in [7, 11) is 0. The largest absolute Gasteiger partial charge is 0.378 e. The average molecular weight is 199 g/mol. The van der Waals surface area contributed by atoms with E-state index in [9.17, 15) is 0 Å². The molecule has 0 saturated heterocycles. The Labute approximate surface area is 88.2 Å². The van der Waals surface area contributed by atoms with Crippen molar-refractivity contribution in [3.05, 3.63) is 0 Å². The second-order valence-electron chi connectivity index (χ2n) is 5.03. The minimum atomic E-state index is 0.273. The lowest BCUT2D eigenvalue weighted by molar-refractivity contribution is 0.000355. The molecule has 0 bridgehead atoms. The monoisotopic (exact) mass is 199 g/mol. The van der Waals surface area contributed by atoms with Crippen molar-refractivity contribution in [2.45, 2.75) is 58.6 Å². The maximum Gasteiger partial charge on any atom is 0.0577 e. The van der Waals surface area contributed by atoms with E-state index < -0.39 is 0 Å². The van der Waals surface area contributed by atoms with Gasteiger partial charge in [-0.05, 0) is 44.4 Å². The van der Waals surface area contributed by atoms with Crippen LogP contribution in [0.5, 0.6) is 0 Å². The van der Waals surface area contributed by atoms with Crippen molar-refractivity contribution in [3.8, 4) is 0 Å². The molecule has 1 aliphatic rings. The minimum Gasteiger partial charge on any atom is -0.378 e. The summed E-state index contributed by atoms with van der Waals surface area (Å²) in [4.78, 5) is 0. The Morgan fingerprint density at radius 1 is 1.29 bits per heavy atom. The van der Waals surface area contributed by atoms with Crippen molar-refractivity contribution in [3.63, 3.8) is 0 Å². The average Bonchev–Trinajstić information content (AvgIpc) is 2.10. The first kappa shape index (κ1) is 12.0. The van der Waals surface area contributed by atoms with Crippen LogP contribution in [0.1, 0.15) is 46.5 Å². The van der Waals surface area contributed by atoms with Crippen molar-refractivity contribution in [1.29, 1.82) is 0 Å². The van der Waals surface area contributed by atoms with E-state index in [0.29, 0.717) is 6.10 Å². The lowest BCUT2D eigenvalue weighted by Gasteiger charge is -2.32. The van der Waals surface area contributed by atoms with Gasteiger partial charge in [-0.25, -0.2) is 0 Å². The van der Waals surface area contributed by atoms with Gasteiger partial charge in [0.25, 0.3) is 0 Å². The molecule has 0 aromatic carbocycles. The van der Waals surface area contributed by atoms with Crippen LogP contribution in [0.3, 0.4) is 0 Å². The van der Waals surface area contributed by atoms with Crippen molar-refractivity contribution in [2.75, 3.05) is 6.61 Å². The zero-order valence-corrected chi connectivity index (χ0v) is 9.83. The molecule has 1 fully saturated rings. The van der Waals surface area contributed by atoms with Gasteiger partial charge in [-0.2, -0.15) is 0 Å². The molecule has 0 aliphatic heterocycles. The summed E-state index contributed by atoms with van der Waals surface area (Å²) in [5, 5.41) is 0. The lowest BCUT2D eigenvalue weighted by atomic mass is 9.80. The van der Waals surface area contributed by atoms with Crippen LogP contribution >= 0.6 is 0 Å². The molecule has 4 atom stereocenters. The predicted octanol–water partition coefficient (Wildman–Crippen LogP) is 2.57. The van der Waals surface area contributed by atoms with Gasteiger partial charge in [-0.15, -0.1) is 0 Å². The van der Waals surface area contributed by atoms with Gasteiger partial charge in [0.1, 0.15) is 0 Å². The number of ether oxygens (including phenoxy) is 1. The molecule has 2 nitrogen and oxygen atoms in total. The van der Waals surface area contributed by atoms with Crippen LogP contribution in [-0.2, 0) is 4.74 Å². The van der Waals surface area contributed by atoms with Crippen LogP contribution in [0.15, 0.2) is 0 Å². The van der Waals surface area contributed by atoms with Gasteiger partial charge in [0.15, 0.2) is 0 Å². The third-order valence-electron chi connectivity index (χ3n) is 3.48. The number of hydrogen-bond donors (Lipinski definition) is 1. The zero-order valence-electron chi connectivity index (χ0n) is 9.83. The Kier molecular flexibility index (Phi) is 4.90. The maximum absolute atomic E-state index is 5.83. The highest BCUT2D eigenvalue weighted by molar-refractivity contribution is 4.75. The molecule has 0 amide bonds. The van der Waals surface area contributed by atoms with Crippen molar-refractivity contribution >= 4 is 0 Å². The molecule has 4 unspecified atom stereocenters. The number of rotatable bonds is 4. The summed E-state index contributed by atoms with van der Waals surface area (Å²) in [6.07, 6.45) is 5.29. The van der Waals surface area contributed by atoms with Crippen molar-refractivity contribution in [1.82, 2.24) is 0 Å². The fourth-order valence-electron chi connectivity index (χ4n) is 2.07. The summed E-state index contributed by atoms with van der Waals surface area (Å²) >= 11 is 0. The Hall–Kier alpha value is -0.0800. The smallest absolute Gasteiger partial charge is 0.0577 e. The van der Waals surface area contributed by atoms with E-state index in [1.807, 2.05) is 6.92 Å². The highest BCUT2D eigenvalue weighted by Crippen LogP contribution is 2.30. The maximum atomic E-state index is 5.83. The van der Waals surface area contributed by atoms with Crippen molar-refractivity contribution in [2.24, 2.45) is 17.6 Å². The minimum absolute atomic E-state index is 0.273. The fourth-order valence-corrected chi connectivity index (χ4v) is 2.07. The zero-order chi connectivity index (χ0) is 10.6. The SMILES string of the molecule is CC(N)CCOC1CCC(C)C(C)C1. The highest BCUT2D eigenvalue weighted by atomic mass is 16.5. The molecule has 1 rings (SSSR count). The molecule has 0 aromatic rings. The highest BCUT2D eigenvalue weighted by Gasteiger charge is 2.24. The topological polar surface area (TPSA) is 35.2 Å². The second kappa shape index (κ2) is 5.72. The van der Waals surface area contributed by atoms with Gasteiger partial charge >= 0.3 is 0 Å². The fraction of sp³-hybridized carbons (Fsp3) is 1.00. The van der Waals surface area contributed by atoms with E-state index in [0.717, 1.165) is 24.9 Å². The van der Waals surface area contributed by atoms with Crippen molar-refractivity contribution < 1.29 is 4.74 Å². The van der Waals surface area contributed by atoms with E-state index in [1.165, 1.54) is 19.3 Å². The van der Waals surface area contributed by atoms with E-state index in [2.05, 4.69) is 13.8 Å². The molecule has 2 heteroatoms. The molecule has 0 radical (unpaired) electrons.